The third kappa shape index (κ3) is 7.83. The molecule has 0 unspecified atom stereocenters. The molecule has 0 fully saturated rings. The average Bonchev–Trinajstić information content (AvgIpc) is 3.08. The summed E-state index contributed by atoms with van der Waals surface area (Å²) in [6.07, 6.45) is -2.67. The number of H-pyrrole nitrogens is 1. The van der Waals surface area contributed by atoms with E-state index in [0.29, 0.717) is 13.0 Å². The van der Waals surface area contributed by atoms with E-state index in [4.69, 9.17) is 15.6 Å². The van der Waals surface area contributed by atoms with Crippen LogP contribution in [-0.2, 0) is 22.6 Å². The molecule has 10 heteroatoms. The molecule has 0 aliphatic carbocycles. The van der Waals surface area contributed by atoms with Crippen molar-refractivity contribution in [3.63, 3.8) is 0 Å². The number of nitrogens with two attached hydrogens (primary N) is 1. The first-order valence-corrected chi connectivity index (χ1v) is 8.58. The third-order valence-electron chi connectivity index (χ3n) is 4.07. The van der Waals surface area contributed by atoms with Crippen molar-refractivity contribution in [3.8, 4) is 0 Å². The maximum Gasteiger partial charge on any atom is 1.00 e. The van der Waals surface area contributed by atoms with E-state index in [9.17, 15) is 18.0 Å². The summed E-state index contributed by atoms with van der Waals surface area (Å²) in [5.41, 5.74) is 8.85. The smallest absolute Gasteiger partial charge is 0.542 e. The van der Waals surface area contributed by atoms with Gasteiger partial charge in [-0.05, 0) is 23.6 Å². The molecular weight excluding hydrogens is 410 g/mol. The van der Waals surface area contributed by atoms with E-state index in [0.717, 1.165) is 22.0 Å². The number of alkyl halides is 3. The molecule has 3 rings (SSSR count). The monoisotopic (exact) mass is 429 g/mol. The van der Waals surface area contributed by atoms with Gasteiger partial charge >= 0.3 is 35.7 Å². The van der Waals surface area contributed by atoms with Crippen molar-refractivity contribution in [1.82, 2.24) is 10.3 Å². The number of carboxylic acids is 1. The molecule has 0 spiro atoms. The van der Waals surface area contributed by atoms with Gasteiger partial charge in [0.1, 0.15) is 5.97 Å². The molecule has 0 bridgehead atoms. The number of para-hydroxylation sites is 1. The Morgan fingerprint density at radius 1 is 1.07 bits per heavy atom. The second-order valence-electron chi connectivity index (χ2n) is 6.17. The summed E-state index contributed by atoms with van der Waals surface area (Å²) in [4.78, 5) is 23.7. The van der Waals surface area contributed by atoms with Crippen molar-refractivity contribution in [3.05, 3.63) is 71.9 Å². The Balaban J connectivity index is 0.000000489. The number of aromatic amines is 1. The van der Waals surface area contributed by atoms with Gasteiger partial charge in [0.2, 0.25) is 5.91 Å². The van der Waals surface area contributed by atoms with Crippen LogP contribution in [0.3, 0.4) is 0 Å². The molecule has 0 saturated heterocycles. The zero-order chi connectivity index (χ0) is 21.4. The number of amides is 1. The number of primary amides is 1. The first-order valence-electron chi connectivity index (χ1n) is 8.58. The van der Waals surface area contributed by atoms with Gasteiger partial charge in [0.05, 0.1) is 6.04 Å². The molecule has 30 heavy (non-hydrogen) atoms. The maximum atomic E-state index is 11.7. The van der Waals surface area contributed by atoms with E-state index >= 15 is 0 Å². The molecule has 2 aromatic carbocycles. The van der Waals surface area contributed by atoms with Crippen LogP contribution in [0, 0.1) is 0 Å². The van der Waals surface area contributed by atoms with Gasteiger partial charge in [-0.15, -0.1) is 0 Å². The van der Waals surface area contributed by atoms with Crippen molar-refractivity contribution in [2.24, 2.45) is 5.73 Å². The summed E-state index contributed by atoms with van der Waals surface area (Å²) >= 11 is 0. The van der Waals surface area contributed by atoms with Gasteiger partial charge in [-0.3, -0.25) is 4.79 Å². The van der Waals surface area contributed by atoms with Crippen molar-refractivity contribution in [2.75, 3.05) is 0 Å². The Morgan fingerprint density at radius 3 is 2.20 bits per heavy atom. The SMILES string of the molecule is NC(=O)[C@H](Cc1c[nH]c2ccccc12)NCc1ccccc1.O=C([O-])C(F)(F)F.[Na+]. The second-order valence-corrected chi connectivity index (χ2v) is 6.17. The van der Waals surface area contributed by atoms with Gasteiger partial charge in [-0.25, -0.2) is 0 Å². The zero-order valence-corrected chi connectivity index (χ0v) is 18.2. The minimum absolute atomic E-state index is 0. The van der Waals surface area contributed by atoms with Crippen LogP contribution in [0.1, 0.15) is 11.1 Å². The van der Waals surface area contributed by atoms with Crippen LogP contribution in [0.4, 0.5) is 13.2 Å². The van der Waals surface area contributed by atoms with Gasteiger partial charge < -0.3 is 25.9 Å². The number of benzene rings is 2. The van der Waals surface area contributed by atoms with E-state index in [1.54, 1.807) is 0 Å². The molecule has 1 aromatic heterocycles. The summed E-state index contributed by atoms with van der Waals surface area (Å²) in [6.45, 7) is 0.622. The fourth-order valence-electron chi connectivity index (χ4n) is 2.63. The maximum absolute atomic E-state index is 11.7. The Labute approximate surface area is 192 Å². The predicted molar refractivity (Wildman–Crippen MR) is 99.3 cm³/mol. The summed E-state index contributed by atoms with van der Waals surface area (Å²) in [5, 5.41) is 13.2. The van der Waals surface area contributed by atoms with Gasteiger partial charge in [-0.2, -0.15) is 13.2 Å². The first-order chi connectivity index (χ1) is 13.7. The Morgan fingerprint density at radius 2 is 1.63 bits per heavy atom. The van der Waals surface area contributed by atoms with Crippen LogP contribution in [-0.4, -0.2) is 29.1 Å². The summed E-state index contributed by atoms with van der Waals surface area (Å²) in [5.74, 6) is -3.34. The number of carbonyl (C=O) groups is 2. The Bertz CT molecular complexity index is 962. The number of aliphatic carboxylic acids is 1. The van der Waals surface area contributed by atoms with Crippen LogP contribution < -0.4 is 45.7 Å². The molecule has 0 aliphatic heterocycles. The third-order valence-corrected chi connectivity index (χ3v) is 4.07. The van der Waals surface area contributed by atoms with E-state index in [1.165, 1.54) is 0 Å². The van der Waals surface area contributed by atoms with Crippen molar-refractivity contribution in [2.45, 2.75) is 25.2 Å². The quantitative estimate of drug-likeness (QED) is 0.421. The van der Waals surface area contributed by atoms with Crippen molar-refractivity contribution < 1.29 is 57.4 Å². The van der Waals surface area contributed by atoms with E-state index in [1.807, 2.05) is 54.7 Å². The minimum atomic E-state index is -5.19. The van der Waals surface area contributed by atoms with Crippen LogP contribution in [0.25, 0.3) is 10.9 Å². The fourth-order valence-corrected chi connectivity index (χ4v) is 2.63. The first kappa shape index (κ1) is 25.7. The number of halogens is 3. The molecule has 6 nitrogen and oxygen atoms in total. The number of fused-ring (bicyclic) bond motifs is 1. The molecule has 0 aliphatic rings. The van der Waals surface area contributed by atoms with Crippen molar-refractivity contribution in [1.29, 1.82) is 0 Å². The number of rotatable bonds is 6. The van der Waals surface area contributed by atoms with E-state index in [-0.39, 0.29) is 41.5 Å². The van der Waals surface area contributed by atoms with Crippen LogP contribution in [0.2, 0.25) is 0 Å². The number of aromatic nitrogens is 1. The number of carbonyl (C=O) groups excluding carboxylic acids is 2. The standard InChI is InChI=1S/C18H19N3O.C2HF3O2.Na/c19-18(22)17(20-11-13-6-2-1-3-7-13)10-14-12-21-16-9-5-4-8-15(14)16;3-2(4,5)1(6)7;/h1-9,12,17,20-21H,10-11H2,(H2,19,22);(H,6,7);/q;;+1/p-1/t17-;;/m0../s1. The number of hydrogen-bond donors (Lipinski definition) is 3. The van der Waals surface area contributed by atoms with Crippen molar-refractivity contribution >= 4 is 22.8 Å². The van der Waals surface area contributed by atoms with Gasteiger partial charge in [-0.1, -0.05) is 48.5 Å². The summed E-state index contributed by atoms with van der Waals surface area (Å²) < 4.78 is 31.5. The number of hydrogen-bond acceptors (Lipinski definition) is 4. The predicted octanol–water partition coefficient (Wildman–Crippen LogP) is -1.34. The number of nitrogens with one attached hydrogen (secondary N) is 2. The molecule has 1 heterocycles. The molecule has 154 valence electrons. The topological polar surface area (TPSA) is 111 Å². The van der Waals surface area contributed by atoms with Gasteiger partial charge in [0.15, 0.2) is 0 Å². The summed E-state index contributed by atoms with van der Waals surface area (Å²) in [6, 6.07) is 17.7. The zero-order valence-electron chi connectivity index (χ0n) is 16.2. The van der Waals surface area contributed by atoms with Gasteiger partial charge in [0.25, 0.3) is 0 Å². The summed E-state index contributed by atoms with van der Waals surface area (Å²) in [7, 11) is 0. The normalized spacial score (nSPS) is 11.7. The molecule has 1 amide bonds. The minimum Gasteiger partial charge on any atom is -0.542 e. The van der Waals surface area contributed by atoms with E-state index in [2.05, 4.69) is 16.4 Å². The molecule has 0 saturated carbocycles. The van der Waals surface area contributed by atoms with Crippen LogP contribution in [0.15, 0.2) is 60.8 Å². The van der Waals surface area contributed by atoms with Gasteiger partial charge in [0, 0.05) is 23.6 Å². The Hall–Kier alpha value is -2.33. The largest absolute Gasteiger partial charge is 1.00 e. The fraction of sp³-hybridized carbons (Fsp3) is 0.200. The van der Waals surface area contributed by atoms with Crippen LogP contribution in [0.5, 0.6) is 0 Å². The molecule has 0 radical (unpaired) electrons. The number of carboxylic acid groups (broad SMARTS) is 1. The van der Waals surface area contributed by atoms with Crippen LogP contribution >= 0.6 is 0 Å². The second kappa shape index (κ2) is 11.8. The Kier molecular flexibility index (Phi) is 10.1. The average molecular weight is 429 g/mol. The molecule has 4 N–H and O–H groups in total. The molecule has 1 atom stereocenters. The molecule has 3 aromatic rings. The molecular formula is C20H19F3N3NaO3. The van der Waals surface area contributed by atoms with E-state index < -0.39 is 12.1 Å².